The Hall–Kier alpha value is -2.31. The fourth-order valence-electron chi connectivity index (χ4n) is 2.86. The number of hydrogen-bond donors (Lipinski definition) is 0. The molecule has 0 fully saturated rings. The summed E-state index contributed by atoms with van der Waals surface area (Å²) in [5, 5.41) is 0. The summed E-state index contributed by atoms with van der Waals surface area (Å²) in [5.41, 5.74) is 5.96. The number of rotatable bonds is 1. The van der Waals surface area contributed by atoms with E-state index in [0.717, 1.165) is 16.8 Å². The molecule has 0 spiro atoms. The molecule has 0 atom stereocenters. The van der Waals surface area contributed by atoms with Gasteiger partial charge in [-0.1, -0.05) is 65.8 Å². The lowest BCUT2D eigenvalue weighted by atomic mass is 9.80. The average Bonchev–Trinajstić information content (AvgIpc) is 2.95. The Balaban J connectivity index is 0.000000500. The van der Waals surface area contributed by atoms with E-state index in [1.165, 1.54) is 11.1 Å². The van der Waals surface area contributed by atoms with Gasteiger partial charge < -0.3 is 21.7 Å². The molecule has 1 heterocycles. The number of halogens is 4. The Bertz CT molecular complexity index is 929. The molecule has 0 aliphatic rings. The third kappa shape index (κ3) is 5.60. The van der Waals surface area contributed by atoms with E-state index in [1.807, 2.05) is 12.5 Å². The zero-order valence-corrected chi connectivity index (χ0v) is 17.1. The summed E-state index contributed by atoms with van der Waals surface area (Å²) in [4.78, 5) is 0. The number of para-hydroxylation sites is 1. The number of hydrogen-bond acceptors (Lipinski definition) is 1. The first kappa shape index (κ1) is 22.0. The maximum absolute atomic E-state index is 9.75. The Morgan fingerprint density at radius 3 is 1.82 bits per heavy atom. The number of fused-ring (bicyclic) bond motifs is 1. The van der Waals surface area contributed by atoms with Crippen molar-refractivity contribution in [3.8, 4) is 5.69 Å². The van der Waals surface area contributed by atoms with Crippen LogP contribution in [0, 0.1) is 0 Å². The number of nitrogens with zero attached hydrogens (tertiary/aromatic N) is 1. The van der Waals surface area contributed by atoms with Crippen LogP contribution in [0.1, 0.15) is 52.7 Å². The van der Waals surface area contributed by atoms with Gasteiger partial charge in [0.05, 0.1) is 0 Å². The first-order valence-electron chi connectivity index (χ1n) is 9.08. The lowest BCUT2D eigenvalue weighted by Crippen LogP contribution is -2.29. The first-order valence-corrected chi connectivity index (χ1v) is 9.08. The van der Waals surface area contributed by atoms with Gasteiger partial charge in [-0.05, 0) is 16.4 Å². The molecule has 0 saturated carbocycles. The monoisotopic (exact) mass is 395 g/mol. The molecule has 0 aliphatic carbocycles. The molecule has 0 amide bonds. The van der Waals surface area contributed by atoms with Gasteiger partial charge in [0.15, 0.2) is 0 Å². The molecule has 2 aromatic carbocycles. The van der Waals surface area contributed by atoms with E-state index in [1.54, 1.807) is 0 Å². The highest BCUT2D eigenvalue weighted by Gasteiger charge is 2.28. The summed E-state index contributed by atoms with van der Waals surface area (Å²) in [6, 6.07) is 14.9. The van der Waals surface area contributed by atoms with Crippen LogP contribution in [0.2, 0.25) is 0 Å². The number of oxazole rings is 1. The standard InChI is InChI=1S/C21H26NO.BF4/c1-20(2,3)15-12-17(21(4,5)6)19-18(13-15)22(14-23-19)16-10-8-7-9-11-16;2-1(3,4)5/h7-14H,1-6H3;/q+1;-1. The van der Waals surface area contributed by atoms with Crippen LogP contribution in [-0.2, 0) is 10.8 Å². The molecule has 2 nitrogen and oxygen atoms in total. The highest BCUT2D eigenvalue weighted by atomic mass is 19.5. The summed E-state index contributed by atoms with van der Waals surface area (Å²) in [7, 11) is -6.00. The third-order valence-corrected chi connectivity index (χ3v) is 4.31. The van der Waals surface area contributed by atoms with Gasteiger partial charge in [0.2, 0.25) is 11.3 Å². The van der Waals surface area contributed by atoms with Gasteiger partial charge in [0.25, 0.3) is 5.52 Å². The Morgan fingerprint density at radius 1 is 0.821 bits per heavy atom. The minimum Gasteiger partial charge on any atom is -0.418 e. The molecule has 1 aromatic heterocycles. The molecule has 0 saturated heterocycles. The van der Waals surface area contributed by atoms with E-state index >= 15 is 0 Å². The summed E-state index contributed by atoms with van der Waals surface area (Å²) >= 11 is 0. The second-order valence-electron chi connectivity index (χ2n) is 8.80. The maximum Gasteiger partial charge on any atom is 0.673 e. The molecule has 0 N–H and O–H groups in total. The summed E-state index contributed by atoms with van der Waals surface area (Å²) in [6.45, 7) is 13.5. The SMILES string of the molecule is CC(C)(C)c1cc(C(C)(C)C)c2oc[n+](-c3ccccc3)c2c1.F[B-](F)(F)F. The average molecular weight is 395 g/mol. The van der Waals surface area contributed by atoms with E-state index in [9.17, 15) is 17.3 Å². The predicted molar refractivity (Wildman–Crippen MR) is 105 cm³/mol. The fraction of sp³-hybridized carbons (Fsp3) is 0.381. The van der Waals surface area contributed by atoms with Gasteiger partial charge in [0.1, 0.15) is 0 Å². The van der Waals surface area contributed by atoms with Gasteiger partial charge in [-0.25, -0.2) is 0 Å². The van der Waals surface area contributed by atoms with Crippen molar-refractivity contribution in [1.29, 1.82) is 0 Å². The van der Waals surface area contributed by atoms with Crippen LogP contribution in [0.3, 0.4) is 0 Å². The molecule has 0 unspecified atom stereocenters. The van der Waals surface area contributed by atoms with Gasteiger partial charge >= 0.3 is 13.6 Å². The van der Waals surface area contributed by atoms with E-state index in [4.69, 9.17) is 4.42 Å². The minimum atomic E-state index is -6.00. The van der Waals surface area contributed by atoms with Crippen molar-refractivity contribution in [3.05, 3.63) is 60.0 Å². The maximum atomic E-state index is 9.75. The third-order valence-electron chi connectivity index (χ3n) is 4.31. The Labute approximate surface area is 163 Å². The van der Waals surface area contributed by atoms with E-state index < -0.39 is 7.25 Å². The molecule has 152 valence electrons. The van der Waals surface area contributed by atoms with Crippen molar-refractivity contribution >= 4 is 18.4 Å². The zero-order valence-electron chi connectivity index (χ0n) is 17.1. The molecule has 7 heteroatoms. The minimum absolute atomic E-state index is 0.0336. The van der Waals surface area contributed by atoms with Crippen LogP contribution in [0.25, 0.3) is 16.8 Å². The topological polar surface area (TPSA) is 17.0 Å². The number of benzene rings is 2. The van der Waals surface area contributed by atoms with E-state index in [-0.39, 0.29) is 10.8 Å². The van der Waals surface area contributed by atoms with Crippen LogP contribution < -0.4 is 4.57 Å². The highest BCUT2D eigenvalue weighted by Crippen LogP contribution is 2.34. The van der Waals surface area contributed by atoms with Crippen molar-refractivity contribution in [2.24, 2.45) is 0 Å². The fourth-order valence-corrected chi connectivity index (χ4v) is 2.86. The van der Waals surface area contributed by atoms with Crippen LogP contribution >= 0.6 is 0 Å². The van der Waals surface area contributed by atoms with Gasteiger partial charge in [-0.3, -0.25) is 0 Å². The van der Waals surface area contributed by atoms with Crippen molar-refractivity contribution in [1.82, 2.24) is 0 Å². The smallest absolute Gasteiger partial charge is 0.418 e. The Kier molecular flexibility index (Phi) is 5.97. The van der Waals surface area contributed by atoms with E-state index in [2.05, 4.69) is 82.5 Å². The molecule has 0 bridgehead atoms. The second-order valence-corrected chi connectivity index (χ2v) is 8.80. The molecule has 3 rings (SSSR count). The van der Waals surface area contributed by atoms with Crippen molar-refractivity contribution in [3.63, 3.8) is 0 Å². The van der Waals surface area contributed by atoms with Crippen molar-refractivity contribution in [2.45, 2.75) is 52.4 Å². The molecule has 0 radical (unpaired) electrons. The molecular weight excluding hydrogens is 369 g/mol. The van der Waals surface area contributed by atoms with Crippen LogP contribution in [0.15, 0.2) is 53.3 Å². The van der Waals surface area contributed by atoms with Crippen molar-refractivity contribution < 1.29 is 26.2 Å². The van der Waals surface area contributed by atoms with E-state index in [0.29, 0.717) is 0 Å². The van der Waals surface area contributed by atoms with Gasteiger partial charge in [-0.15, -0.1) is 4.57 Å². The van der Waals surface area contributed by atoms with Crippen LogP contribution in [-0.4, -0.2) is 7.25 Å². The first-order chi connectivity index (χ1) is 12.7. The Morgan fingerprint density at radius 2 is 1.36 bits per heavy atom. The largest absolute Gasteiger partial charge is 0.673 e. The molecule has 28 heavy (non-hydrogen) atoms. The summed E-state index contributed by atoms with van der Waals surface area (Å²) < 4.78 is 47.1. The highest BCUT2D eigenvalue weighted by molar-refractivity contribution is 6.50. The van der Waals surface area contributed by atoms with Crippen LogP contribution in [0.4, 0.5) is 17.3 Å². The lowest BCUT2D eigenvalue weighted by molar-refractivity contribution is -0.573. The molecule has 0 aliphatic heterocycles. The molecular formula is C21H26BF4NO. The van der Waals surface area contributed by atoms with Gasteiger partial charge in [-0.2, -0.15) is 0 Å². The quantitative estimate of drug-likeness (QED) is 0.258. The van der Waals surface area contributed by atoms with Gasteiger partial charge in [0, 0.05) is 23.8 Å². The van der Waals surface area contributed by atoms with Crippen LogP contribution in [0.5, 0.6) is 0 Å². The second kappa shape index (κ2) is 7.61. The summed E-state index contributed by atoms with van der Waals surface area (Å²) in [6.07, 6.45) is 1.82. The number of aromatic nitrogens is 1. The molecule has 3 aromatic rings. The summed E-state index contributed by atoms with van der Waals surface area (Å²) in [5.74, 6) is 0. The normalized spacial score (nSPS) is 12.6. The predicted octanol–water partition coefficient (Wildman–Crippen LogP) is 6.60. The van der Waals surface area contributed by atoms with Crippen molar-refractivity contribution in [2.75, 3.05) is 0 Å². The lowest BCUT2D eigenvalue weighted by Gasteiger charge is -2.24. The zero-order chi connectivity index (χ0) is 21.3.